The number of alkyl halides is 2. The first-order valence-corrected chi connectivity index (χ1v) is 8.05. The van der Waals surface area contributed by atoms with Crippen LogP contribution in [0.4, 0.5) is 14.5 Å². The van der Waals surface area contributed by atoms with Gasteiger partial charge in [-0.15, -0.1) is 0 Å². The molecule has 22 heavy (non-hydrogen) atoms. The first kappa shape index (κ1) is 16.4. The molecule has 0 fully saturated rings. The number of rotatable bonds is 4. The molecule has 1 aromatic carbocycles. The van der Waals surface area contributed by atoms with E-state index in [0.717, 1.165) is 5.56 Å². The highest BCUT2D eigenvalue weighted by atomic mass is 32.2. The lowest BCUT2D eigenvalue weighted by Gasteiger charge is -2.14. The van der Waals surface area contributed by atoms with E-state index in [1.54, 1.807) is 26.0 Å². The third kappa shape index (κ3) is 2.96. The summed E-state index contributed by atoms with van der Waals surface area (Å²) in [7, 11) is -3.98. The summed E-state index contributed by atoms with van der Waals surface area (Å²) in [5.74, 6) is 0. The lowest BCUT2D eigenvalue weighted by molar-refractivity contribution is 0.147. The molecule has 0 aliphatic heterocycles. The number of nitrogens with one attached hydrogen (secondary N) is 2. The molecule has 0 saturated carbocycles. The summed E-state index contributed by atoms with van der Waals surface area (Å²) < 4.78 is 53.2. The molecule has 0 aliphatic carbocycles. The monoisotopic (exact) mass is 329 g/mol. The number of hydrogen-bond acceptors (Lipinski definition) is 3. The third-order valence-corrected chi connectivity index (χ3v) is 4.95. The molecule has 0 saturated heterocycles. The Morgan fingerprint density at radius 3 is 2.18 bits per heavy atom. The third-order valence-electron chi connectivity index (χ3n) is 3.29. The van der Waals surface area contributed by atoms with Gasteiger partial charge in [0, 0.05) is 0 Å². The van der Waals surface area contributed by atoms with Gasteiger partial charge in [0.2, 0.25) is 0 Å². The predicted octanol–water partition coefficient (Wildman–Crippen LogP) is 3.38. The first-order valence-electron chi connectivity index (χ1n) is 6.57. The van der Waals surface area contributed by atoms with Gasteiger partial charge in [0.15, 0.2) is 5.69 Å². The van der Waals surface area contributed by atoms with Crippen molar-refractivity contribution in [2.45, 2.75) is 39.0 Å². The zero-order chi connectivity index (χ0) is 16.7. The van der Waals surface area contributed by atoms with Gasteiger partial charge in [-0.05, 0) is 38.8 Å². The van der Waals surface area contributed by atoms with Crippen LogP contribution in [-0.4, -0.2) is 18.6 Å². The van der Waals surface area contributed by atoms with Gasteiger partial charge in [-0.25, -0.2) is 17.2 Å². The summed E-state index contributed by atoms with van der Waals surface area (Å²) in [4.78, 5) is 0.0962. The van der Waals surface area contributed by atoms with Crippen molar-refractivity contribution in [1.29, 1.82) is 0 Å². The average Bonchev–Trinajstić information content (AvgIpc) is 2.68. The number of benzene rings is 1. The van der Waals surface area contributed by atoms with Gasteiger partial charge in [0.1, 0.15) is 0 Å². The fraction of sp³-hybridized carbons (Fsp3) is 0.357. The van der Waals surface area contributed by atoms with E-state index < -0.39 is 22.1 Å². The summed E-state index contributed by atoms with van der Waals surface area (Å²) in [6, 6.07) is 3.47. The summed E-state index contributed by atoms with van der Waals surface area (Å²) >= 11 is 0. The van der Waals surface area contributed by atoms with Crippen LogP contribution >= 0.6 is 0 Å². The van der Waals surface area contributed by atoms with Gasteiger partial charge in [0.05, 0.1) is 16.3 Å². The number of halogens is 2. The molecule has 0 spiro atoms. The van der Waals surface area contributed by atoms with Crippen molar-refractivity contribution in [3.8, 4) is 0 Å². The molecule has 0 atom stereocenters. The quantitative estimate of drug-likeness (QED) is 0.903. The lowest BCUT2D eigenvalue weighted by atomic mass is 10.1. The van der Waals surface area contributed by atoms with Gasteiger partial charge in [-0.3, -0.25) is 9.82 Å². The van der Waals surface area contributed by atoms with Gasteiger partial charge in [-0.2, -0.15) is 5.10 Å². The SMILES string of the molecule is Cc1cc(C)c(S(=O)(=O)Nc2c(C(F)F)n[nH]c2C)c(C)c1. The predicted molar refractivity (Wildman–Crippen MR) is 79.7 cm³/mol. The molecule has 2 N–H and O–H groups in total. The van der Waals surface area contributed by atoms with Gasteiger partial charge < -0.3 is 0 Å². The Morgan fingerprint density at radius 2 is 1.68 bits per heavy atom. The number of nitrogens with zero attached hydrogens (tertiary/aromatic N) is 1. The van der Waals surface area contributed by atoms with Crippen molar-refractivity contribution in [2.75, 3.05) is 4.72 Å². The van der Waals surface area contributed by atoms with E-state index in [-0.39, 0.29) is 16.3 Å². The Morgan fingerprint density at radius 1 is 1.14 bits per heavy atom. The minimum atomic E-state index is -3.98. The molecule has 5 nitrogen and oxygen atoms in total. The average molecular weight is 329 g/mol. The van der Waals surface area contributed by atoms with E-state index in [9.17, 15) is 17.2 Å². The molecule has 0 bridgehead atoms. The summed E-state index contributed by atoms with van der Waals surface area (Å²) in [5, 5.41) is 5.82. The van der Waals surface area contributed by atoms with Crippen LogP contribution in [-0.2, 0) is 10.0 Å². The van der Waals surface area contributed by atoms with Gasteiger partial charge >= 0.3 is 0 Å². The van der Waals surface area contributed by atoms with Crippen LogP contribution in [0.25, 0.3) is 0 Å². The van der Waals surface area contributed by atoms with E-state index in [1.165, 1.54) is 6.92 Å². The van der Waals surface area contributed by atoms with Crippen molar-refractivity contribution in [2.24, 2.45) is 0 Å². The second kappa shape index (κ2) is 5.68. The molecule has 0 amide bonds. The number of aryl methyl sites for hydroxylation is 4. The van der Waals surface area contributed by atoms with E-state index in [1.807, 2.05) is 6.92 Å². The van der Waals surface area contributed by atoms with Crippen molar-refractivity contribution >= 4 is 15.7 Å². The highest BCUT2D eigenvalue weighted by Crippen LogP contribution is 2.31. The maximum atomic E-state index is 12.9. The molecule has 0 aliphatic rings. The van der Waals surface area contributed by atoms with Crippen LogP contribution in [0.2, 0.25) is 0 Å². The number of sulfonamides is 1. The first-order chi connectivity index (χ1) is 10.1. The number of hydrogen-bond donors (Lipinski definition) is 2. The number of anilines is 1. The highest BCUT2D eigenvalue weighted by molar-refractivity contribution is 7.92. The van der Waals surface area contributed by atoms with Crippen molar-refractivity contribution < 1.29 is 17.2 Å². The van der Waals surface area contributed by atoms with Crippen LogP contribution in [0.3, 0.4) is 0 Å². The highest BCUT2D eigenvalue weighted by Gasteiger charge is 2.26. The van der Waals surface area contributed by atoms with E-state index in [0.29, 0.717) is 11.1 Å². The summed E-state index contributed by atoms with van der Waals surface area (Å²) in [5.41, 5.74) is 1.48. The molecule has 0 radical (unpaired) electrons. The molecule has 1 heterocycles. The largest absolute Gasteiger partial charge is 0.284 e. The Hall–Kier alpha value is -1.96. The smallest absolute Gasteiger partial charge is 0.280 e. The lowest BCUT2D eigenvalue weighted by Crippen LogP contribution is -2.17. The zero-order valence-corrected chi connectivity index (χ0v) is 13.5. The van der Waals surface area contributed by atoms with Crippen LogP contribution in [0.5, 0.6) is 0 Å². The van der Waals surface area contributed by atoms with Crippen LogP contribution in [0, 0.1) is 27.7 Å². The molecule has 2 aromatic rings. The Labute approximate surface area is 127 Å². The number of aromatic amines is 1. The number of aromatic nitrogens is 2. The second-order valence-corrected chi connectivity index (χ2v) is 6.86. The molecule has 120 valence electrons. The molecule has 0 unspecified atom stereocenters. The van der Waals surface area contributed by atoms with Crippen LogP contribution < -0.4 is 4.72 Å². The maximum Gasteiger partial charge on any atom is 0.284 e. The fourth-order valence-corrected chi connectivity index (χ4v) is 4.10. The fourth-order valence-electron chi connectivity index (χ4n) is 2.51. The molecule has 2 rings (SSSR count). The minimum Gasteiger partial charge on any atom is -0.280 e. The van der Waals surface area contributed by atoms with Crippen molar-refractivity contribution in [3.05, 3.63) is 40.2 Å². The van der Waals surface area contributed by atoms with Crippen LogP contribution in [0.1, 0.15) is 34.5 Å². The Bertz CT molecular complexity index is 790. The standard InChI is InChI=1S/C14H17F2N3O2S/c1-7-5-8(2)13(9(3)6-7)22(20,21)19-11-10(4)17-18-12(11)14(15)16/h5-6,14,19H,1-4H3,(H,17,18). The Kier molecular flexibility index (Phi) is 4.23. The Balaban J connectivity index is 2.52. The summed E-state index contributed by atoms with van der Waals surface area (Å²) in [6.45, 7) is 6.68. The van der Waals surface area contributed by atoms with E-state index in [4.69, 9.17) is 0 Å². The maximum absolute atomic E-state index is 12.9. The molecular weight excluding hydrogens is 312 g/mol. The van der Waals surface area contributed by atoms with Crippen LogP contribution in [0.15, 0.2) is 17.0 Å². The van der Waals surface area contributed by atoms with Gasteiger partial charge in [-0.1, -0.05) is 17.7 Å². The minimum absolute atomic E-state index is 0.0962. The zero-order valence-electron chi connectivity index (χ0n) is 12.7. The molecule has 8 heteroatoms. The van der Waals surface area contributed by atoms with Crippen molar-refractivity contribution in [3.63, 3.8) is 0 Å². The second-order valence-electron chi connectivity index (χ2n) is 5.24. The normalized spacial score (nSPS) is 12.0. The number of H-pyrrole nitrogens is 1. The molecular formula is C14H17F2N3O2S. The topological polar surface area (TPSA) is 74.8 Å². The van der Waals surface area contributed by atoms with Gasteiger partial charge in [0.25, 0.3) is 16.4 Å². The van der Waals surface area contributed by atoms with Crippen molar-refractivity contribution in [1.82, 2.24) is 10.2 Å². The van der Waals surface area contributed by atoms with E-state index in [2.05, 4.69) is 14.9 Å². The van der Waals surface area contributed by atoms with E-state index >= 15 is 0 Å². The summed E-state index contributed by atoms with van der Waals surface area (Å²) in [6.07, 6.45) is -2.87. The molecule has 1 aromatic heterocycles.